The molecule has 0 aromatic rings. The molecular weight excluding hydrogens is 198 g/mol. The maximum Gasteiger partial charge on any atom is 0.147 e. The molecule has 3 fully saturated rings. The number of hydrogen-bond acceptors (Lipinski definition) is 2. The normalized spacial score (nSPS) is 55.6. The van der Waals surface area contributed by atoms with Crippen LogP contribution in [-0.4, -0.2) is 30.3 Å². The third-order valence-electron chi connectivity index (χ3n) is 6.00. The SMILES string of the molecule is CC(=O)[C@@H]1[C@@H]2[C@H](CN1C)C21[C@H](C)CC[C@@H]1C. The lowest BCUT2D eigenvalue weighted by Gasteiger charge is -2.32. The third kappa shape index (κ3) is 1.000. The van der Waals surface area contributed by atoms with Crippen molar-refractivity contribution < 1.29 is 4.79 Å². The Morgan fingerprint density at radius 2 is 1.81 bits per heavy atom. The molecule has 0 aromatic heterocycles. The molecular formula is C14H23NO. The van der Waals surface area contributed by atoms with E-state index in [1.165, 1.54) is 12.8 Å². The van der Waals surface area contributed by atoms with Gasteiger partial charge >= 0.3 is 0 Å². The molecule has 3 aliphatic rings. The fourth-order valence-corrected chi connectivity index (χ4v) is 5.44. The number of nitrogens with zero attached hydrogens (tertiary/aromatic N) is 1. The standard InChI is InChI=1S/C14H23NO/c1-8-5-6-9(2)14(8)11-7-15(4)13(10(3)16)12(11)14/h8-9,11-13H,5-7H2,1-4H3/t8-,9+,11-,12-,13+,14?/m0/s1. The van der Waals surface area contributed by atoms with Crippen LogP contribution >= 0.6 is 0 Å². The summed E-state index contributed by atoms with van der Waals surface area (Å²) < 4.78 is 0. The van der Waals surface area contributed by atoms with Crippen molar-refractivity contribution >= 4 is 5.78 Å². The first-order valence-corrected chi connectivity index (χ1v) is 6.72. The van der Waals surface area contributed by atoms with Gasteiger partial charge in [0.2, 0.25) is 0 Å². The molecule has 1 heterocycles. The van der Waals surface area contributed by atoms with E-state index in [-0.39, 0.29) is 6.04 Å². The van der Waals surface area contributed by atoms with E-state index in [0.29, 0.717) is 17.1 Å². The zero-order valence-corrected chi connectivity index (χ0v) is 10.9. The van der Waals surface area contributed by atoms with Crippen LogP contribution in [0.3, 0.4) is 0 Å². The molecule has 1 saturated heterocycles. The van der Waals surface area contributed by atoms with Crippen LogP contribution in [0.25, 0.3) is 0 Å². The quantitative estimate of drug-likeness (QED) is 0.676. The van der Waals surface area contributed by atoms with Gasteiger partial charge in [-0.2, -0.15) is 0 Å². The lowest BCUT2D eigenvalue weighted by molar-refractivity contribution is -0.122. The van der Waals surface area contributed by atoms with E-state index in [0.717, 1.165) is 24.3 Å². The van der Waals surface area contributed by atoms with Crippen LogP contribution in [0, 0.1) is 29.1 Å². The highest BCUT2D eigenvalue weighted by atomic mass is 16.1. The number of rotatable bonds is 1. The number of piperidine rings is 1. The molecule has 2 heteroatoms. The molecule has 1 unspecified atom stereocenters. The van der Waals surface area contributed by atoms with Crippen molar-refractivity contribution in [2.75, 3.05) is 13.6 Å². The molecule has 1 spiro atoms. The maximum absolute atomic E-state index is 11.8. The molecule has 0 aromatic carbocycles. The van der Waals surface area contributed by atoms with Crippen LogP contribution in [0.1, 0.15) is 33.6 Å². The Morgan fingerprint density at radius 1 is 1.25 bits per heavy atom. The summed E-state index contributed by atoms with van der Waals surface area (Å²) in [4.78, 5) is 14.1. The van der Waals surface area contributed by atoms with Crippen molar-refractivity contribution in [3.63, 3.8) is 0 Å². The van der Waals surface area contributed by atoms with Crippen LogP contribution in [0.5, 0.6) is 0 Å². The minimum Gasteiger partial charge on any atom is -0.298 e. The average molecular weight is 221 g/mol. The van der Waals surface area contributed by atoms with Crippen molar-refractivity contribution in [3.8, 4) is 0 Å². The lowest BCUT2D eigenvalue weighted by Crippen LogP contribution is -2.40. The van der Waals surface area contributed by atoms with Gasteiger partial charge in [0.05, 0.1) is 6.04 Å². The van der Waals surface area contributed by atoms with Gasteiger partial charge in [0.1, 0.15) is 5.78 Å². The summed E-state index contributed by atoms with van der Waals surface area (Å²) in [6, 6.07) is 0.230. The minimum atomic E-state index is 0.230. The van der Waals surface area contributed by atoms with Crippen molar-refractivity contribution in [1.82, 2.24) is 4.90 Å². The summed E-state index contributed by atoms with van der Waals surface area (Å²) in [6.07, 6.45) is 2.75. The van der Waals surface area contributed by atoms with Gasteiger partial charge in [0, 0.05) is 6.54 Å². The van der Waals surface area contributed by atoms with Crippen LogP contribution in [0.2, 0.25) is 0 Å². The molecule has 2 saturated carbocycles. The molecule has 3 rings (SSSR count). The van der Waals surface area contributed by atoms with Crippen LogP contribution in [0.15, 0.2) is 0 Å². The number of hydrogen-bond donors (Lipinski definition) is 0. The Bertz CT molecular complexity index is 328. The van der Waals surface area contributed by atoms with Crippen molar-refractivity contribution in [3.05, 3.63) is 0 Å². The molecule has 6 atom stereocenters. The lowest BCUT2D eigenvalue weighted by atomic mass is 9.80. The van der Waals surface area contributed by atoms with E-state index in [2.05, 4.69) is 25.8 Å². The minimum absolute atomic E-state index is 0.230. The zero-order chi connectivity index (χ0) is 11.7. The van der Waals surface area contributed by atoms with Gasteiger partial charge in [-0.25, -0.2) is 0 Å². The summed E-state index contributed by atoms with van der Waals surface area (Å²) in [7, 11) is 2.12. The summed E-state index contributed by atoms with van der Waals surface area (Å²) in [5, 5.41) is 0. The Hall–Kier alpha value is -0.370. The molecule has 0 radical (unpaired) electrons. The van der Waals surface area contributed by atoms with Crippen molar-refractivity contribution in [1.29, 1.82) is 0 Å². The monoisotopic (exact) mass is 221 g/mol. The summed E-state index contributed by atoms with van der Waals surface area (Å²) in [6.45, 7) is 7.77. The number of ketones is 1. The smallest absolute Gasteiger partial charge is 0.147 e. The van der Waals surface area contributed by atoms with Crippen LogP contribution < -0.4 is 0 Å². The van der Waals surface area contributed by atoms with E-state index >= 15 is 0 Å². The molecule has 0 N–H and O–H groups in total. The number of likely N-dealkylation sites (N-methyl/N-ethyl adjacent to an activating group) is 1. The third-order valence-corrected chi connectivity index (χ3v) is 6.00. The highest BCUT2D eigenvalue weighted by molar-refractivity contribution is 5.83. The second-order valence-corrected chi connectivity index (χ2v) is 6.51. The molecule has 2 aliphatic carbocycles. The topological polar surface area (TPSA) is 20.3 Å². The number of Topliss-reactive ketones (excluding diaryl/α,β-unsaturated/α-hetero) is 1. The highest BCUT2D eigenvalue weighted by Gasteiger charge is 2.76. The van der Waals surface area contributed by atoms with Crippen molar-refractivity contribution in [2.45, 2.75) is 39.7 Å². The second-order valence-electron chi connectivity index (χ2n) is 6.51. The van der Waals surface area contributed by atoms with E-state index in [1.54, 1.807) is 6.92 Å². The van der Waals surface area contributed by atoms with E-state index in [4.69, 9.17) is 0 Å². The molecule has 0 amide bonds. The average Bonchev–Trinajstić information content (AvgIpc) is 2.53. The summed E-state index contributed by atoms with van der Waals surface area (Å²) in [5.41, 5.74) is 0.544. The van der Waals surface area contributed by atoms with Gasteiger partial charge < -0.3 is 0 Å². The van der Waals surface area contributed by atoms with Gasteiger partial charge in [0.25, 0.3) is 0 Å². The highest BCUT2D eigenvalue weighted by Crippen LogP contribution is 2.76. The Kier molecular flexibility index (Phi) is 2.08. The van der Waals surface area contributed by atoms with E-state index in [1.807, 2.05) is 0 Å². The maximum atomic E-state index is 11.8. The number of likely N-dealkylation sites (tertiary alicyclic amines) is 1. The van der Waals surface area contributed by atoms with E-state index in [9.17, 15) is 4.79 Å². The van der Waals surface area contributed by atoms with Gasteiger partial charge in [-0.1, -0.05) is 13.8 Å². The Morgan fingerprint density at radius 3 is 2.31 bits per heavy atom. The van der Waals surface area contributed by atoms with Gasteiger partial charge in [-0.05, 0) is 55.9 Å². The summed E-state index contributed by atoms with van der Waals surface area (Å²) >= 11 is 0. The Balaban J connectivity index is 1.92. The first-order chi connectivity index (χ1) is 7.51. The largest absolute Gasteiger partial charge is 0.298 e. The first-order valence-electron chi connectivity index (χ1n) is 6.72. The molecule has 0 bridgehead atoms. The first kappa shape index (κ1) is 10.8. The van der Waals surface area contributed by atoms with Gasteiger partial charge in [0.15, 0.2) is 0 Å². The van der Waals surface area contributed by atoms with Gasteiger partial charge in [-0.3, -0.25) is 9.69 Å². The molecule has 16 heavy (non-hydrogen) atoms. The van der Waals surface area contributed by atoms with E-state index < -0.39 is 0 Å². The van der Waals surface area contributed by atoms with Crippen molar-refractivity contribution in [2.24, 2.45) is 29.1 Å². The second kappa shape index (κ2) is 3.10. The summed E-state index contributed by atoms with van der Waals surface area (Å²) in [5.74, 6) is 3.57. The number of carbonyl (C=O) groups excluding carboxylic acids is 1. The van der Waals surface area contributed by atoms with Crippen LogP contribution in [-0.2, 0) is 4.79 Å². The van der Waals surface area contributed by atoms with Crippen LogP contribution in [0.4, 0.5) is 0 Å². The number of carbonyl (C=O) groups is 1. The number of fused-ring (bicyclic) bond motifs is 3. The predicted molar refractivity (Wildman–Crippen MR) is 64.1 cm³/mol. The molecule has 90 valence electrons. The van der Waals surface area contributed by atoms with Gasteiger partial charge in [-0.15, -0.1) is 0 Å². The zero-order valence-electron chi connectivity index (χ0n) is 10.9. The molecule has 2 nitrogen and oxygen atoms in total. The molecule has 1 aliphatic heterocycles. The Labute approximate surface area is 98.4 Å². The fraction of sp³-hybridized carbons (Fsp3) is 0.929. The fourth-order valence-electron chi connectivity index (χ4n) is 5.44. The predicted octanol–water partition coefficient (Wildman–Crippen LogP) is 2.19.